The molecule has 11 nitrogen and oxygen atoms in total. The topological polar surface area (TPSA) is 126 Å². The Hall–Kier alpha value is -4.82. The van der Waals surface area contributed by atoms with Crippen molar-refractivity contribution >= 4 is 57.8 Å². The molecule has 2 unspecified atom stereocenters. The van der Waals surface area contributed by atoms with Crippen LogP contribution in [0.5, 0.6) is 11.5 Å². The zero-order chi connectivity index (χ0) is 36.0. The van der Waals surface area contributed by atoms with Crippen molar-refractivity contribution in [1.82, 2.24) is 15.5 Å². The third kappa shape index (κ3) is 11.9. The van der Waals surface area contributed by atoms with Crippen LogP contribution in [0.25, 0.3) is 0 Å². The van der Waals surface area contributed by atoms with Crippen molar-refractivity contribution in [3.8, 4) is 11.5 Å². The molecule has 3 aromatic carbocycles. The molecular weight excluding hydrogens is 687 g/mol. The molecule has 0 radical (unpaired) electrons. The van der Waals surface area contributed by atoms with E-state index in [0.717, 1.165) is 36.4 Å². The van der Waals surface area contributed by atoms with E-state index in [1.165, 1.54) is 11.8 Å². The molecule has 1 fully saturated rings. The number of hydrogen-bond donors (Lipinski definition) is 4. The Bertz CT molecular complexity index is 1770. The average molecular weight is 730 g/mol. The summed E-state index contributed by atoms with van der Waals surface area (Å²) in [7, 11) is 0. The molecule has 268 valence electrons. The average Bonchev–Trinajstić information content (AvgIpc) is 3.67. The van der Waals surface area contributed by atoms with E-state index in [-0.39, 0.29) is 40.4 Å². The first-order chi connectivity index (χ1) is 24.7. The summed E-state index contributed by atoms with van der Waals surface area (Å²) in [6.45, 7) is 7.34. The van der Waals surface area contributed by atoms with Crippen molar-refractivity contribution in [2.24, 2.45) is 0 Å². The monoisotopic (exact) mass is 729 g/mol. The summed E-state index contributed by atoms with van der Waals surface area (Å²) in [5.74, 6) is 1.17. The molecule has 1 aliphatic heterocycles. The summed E-state index contributed by atoms with van der Waals surface area (Å²) in [5, 5.41) is 11.8. The van der Waals surface area contributed by atoms with E-state index in [9.17, 15) is 9.59 Å². The smallest absolute Gasteiger partial charge is 0.293 e. The first kappa shape index (κ1) is 37.4. The number of morpholine rings is 1. The fourth-order valence-electron chi connectivity index (χ4n) is 5.54. The third-order valence-electron chi connectivity index (χ3n) is 8.20. The van der Waals surface area contributed by atoms with Gasteiger partial charge in [0.15, 0.2) is 16.0 Å². The summed E-state index contributed by atoms with van der Waals surface area (Å²) in [6, 6.07) is 26.6. The highest BCUT2D eigenvalue weighted by molar-refractivity contribution is 7.80. The van der Waals surface area contributed by atoms with E-state index in [4.69, 9.17) is 43.1 Å². The van der Waals surface area contributed by atoms with Crippen molar-refractivity contribution in [3.63, 3.8) is 0 Å². The molecule has 1 aromatic heterocycles. The Morgan fingerprint density at radius 2 is 1.69 bits per heavy atom. The van der Waals surface area contributed by atoms with E-state index in [1.54, 1.807) is 12.1 Å². The van der Waals surface area contributed by atoms with Gasteiger partial charge < -0.3 is 34.6 Å². The molecule has 0 spiro atoms. The molecule has 13 heteroatoms. The first-order valence-electron chi connectivity index (χ1n) is 16.9. The van der Waals surface area contributed by atoms with E-state index in [2.05, 4.69) is 45.2 Å². The lowest BCUT2D eigenvalue weighted by Gasteiger charge is -2.32. The number of anilines is 2. The summed E-state index contributed by atoms with van der Waals surface area (Å²) >= 11 is 10.6. The molecule has 1 saturated heterocycles. The number of ether oxygens (including phenoxy) is 3. The van der Waals surface area contributed by atoms with Crippen LogP contribution < -0.4 is 30.7 Å². The van der Waals surface area contributed by atoms with Gasteiger partial charge in [-0.25, -0.2) is 0 Å². The van der Waals surface area contributed by atoms with Gasteiger partial charge in [0.2, 0.25) is 5.91 Å². The lowest BCUT2D eigenvalue weighted by Crippen LogP contribution is -2.49. The molecule has 51 heavy (non-hydrogen) atoms. The van der Waals surface area contributed by atoms with Gasteiger partial charge in [-0.15, -0.1) is 0 Å². The Morgan fingerprint density at radius 1 is 0.902 bits per heavy atom. The first-order valence-corrected chi connectivity index (χ1v) is 17.7. The predicted molar refractivity (Wildman–Crippen MR) is 205 cm³/mol. The second kappa shape index (κ2) is 19.0. The third-order valence-corrected chi connectivity index (χ3v) is 8.61. The molecule has 4 N–H and O–H groups in total. The van der Waals surface area contributed by atoms with Crippen molar-refractivity contribution in [2.45, 2.75) is 45.3 Å². The largest absolute Gasteiger partial charge is 0.493 e. The van der Waals surface area contributed by atoms with Crippen molar-refractivity contribution in [2.75, 3.05) is 43.5 Å². The number of furan rings is 1. The molecule has 0 bridgehead atoms. The van der Waals surface area contributed by atoms with Gasteiger partial charge in [-0.1, -0.05) is 43.7 Å². The number of carbonyl (C=O) groups is 2. The maximum absolute atomic E-state index is 12.5. The molecule has 5 rings (SSSR count). The van der Waals surface area contributed by atoms with Crippen LogP contribution in [0.4, 0.5) is 11.4 Å². The van der Waals surface area contributed by atoms with Crippen LogP contribution in [0, 0.1) is 0 Å². The zero-order valence-corrected chi connectivity index (χ0v) is 30.3. The van der Waals surface area contributed by atoms with Gasteiger partial charge in [0.05, 0.1) is 32.6 Å². The predicted octanol–water partition coefficient (Wildman–Crippen LogP) is 6.48. The molecule has 4 aromatic rings. The van der Waals surface area contributed by atoms with Crippen LogP contribution in [0.1, 0.15) is 54.3 Å². The van der Waals surface area contributed by atoms with Crippen LogP contribution in [-0.4, -0.2) is 65.9 Å². The number of amides is 2. The second-order valence-electron chi connectivity index (χ2n) is 12.2. The number of benzene rings is 3. The minimum absolute atomic E-state index is 0.151. The molecule has 2 heterocycles. The van der Waals surface area contributed by atoms with Gasteiger partial charge in [-0.3, -0.25) is 19.8 Å². The van der Waals surface area contributed by atoms with Gasteiger partial charge >= 0.3 is 0 Å². The summed E-state index contributed by atoms with van der Waals surface area (Å²) < 4.78 is 22.9. The molecule has 1 aliphatic rings. The highest BCUT2D eigenvalue weighted by Gasteiger charge is 2.21. The molecule has 2 amide bonds. The van der Waals surface area contributed by atoms with E-state index >= 15 is 0 Å². The van der Waals surface area contributed by atoms with Crippen LogP contribution in [0.3, 0.4) is 0 Å². The number of thiocarbonyl (C=S) groups is 2. The number of carbonyl (C=O) groups excluding carboxylic acids is 2. The van der Waals surface area contributed by atoms with Gasteiger partial charge in [-0.2, -0.15) is 0 Å². The number of nitrogens with one attached hydrogen (secondary N) is 4. The van der Waals surface area contributed by atoms with Crippen LogP contribution in [-0.2, 0) is 16.1 Å². The quantitative estimate of drug-likeness (QED) is 0.107. The van der Waals surface area contributed by atoms with Gasteiger partial charge in [-0.05, 0) is 97.4 Å². The number of rotatable bonds is 14. The SMILES string of the molecule is CCCC(COc1ccc(NC(=S)NC(=O)CN2CCOCC2C)cc1)c1cccc(COc2cccc(NC(=S)NC(=O)c3ccco3)c2)c1. The van der Waals surface area contributed by atoms with Crippen LogP contribution in [0.15, 0.2) is 95.6 Å². The second-order valence-corrected chi connectivity index (χ2v) is 13.0. The standard InChI is InChI=1S/C38H43N5O6S2/c1-3-7-29(25-49-32-15-13-30(14-16-32)39-37(50)41-35(44)22-43-17-19-46-23-26(43)2)28-9-4-8-27(20-28)24-48-33-11-5-10-31(21-33)40-38(51)42-36(45)34-12-6-18-47-34/h4-6,8-16,18,20-21,26,29H,3,7,17,19,22-25H2,1-2H3,(H2,39,41,44,50)(H2,40,42,45,51). The Balaban J connectivity index is 1.09. The van der Waals surface area contributed by atoms with Crippen LogP contribution in [0.2, 0.25) is 0 Å². The van der Waals surface area contributed by atoms with Gasteiger partial charge in [0, 0.05) is 35.9 Å². The molecule has 0 aliphatic carbocycles. The van der Waals surface area contributed by atoms with Crippen LogP contribution >= 0.6 is 24.4 Å². The van der Waals surface area contributed by atoms with E-state index in [1.807, 2.05) is 67.6 Å². The van der Waals surface area contributed by atoms with E-state index < -0.39 is 5.91 Å². The lowest BCUT2D eigenvalue weighted by atomic mass is 9.94. The van der Waals surface area contributed by atoms with Gasteiger partial charge in [0.25, 0.3) is 5.91 Å². The molecule has 0 saturated carbocycles. The maximum Gasteiger partial charge on any atom is 0.293 e. The molecule has 2 atom stereocenters. The Morgan fingerprint density at radius 3 is 2.45 bits per heavy atom. The fourth-order valence-corrected chi connectivity index (χ4v) is 5.98. The summed E-state index contributed by atoms with van der Waals surface area (Å²) in [6.07, 6.45) is 3.40. The van der Waals surface area contributed by atoms with Crippen molar-refractivity contribution < 1.29 is 28.2 Å². The van der Waals surface area contributed by atoms with Crippen molar-refractivity contribution in [3.05, 3.63) is 108 Å². The minimum Gasteiger partial charge on any atom is -0.493 e. The maximum atomic E-state index is 12.5. The summed E-state index contributed by atoms with van der Waals surface area (Å²) in [5.41, 5.74) is 3.65. The highest BCUT2D eigenvalue weighted by Crippen LogP contribution is 2.26. The number of hydrogen-bond acceptors (Lipinski definition) is 9. The minimum atomic E-state index is -0.430. The zero-order valence-electron chi connectivity index (χ0n) is 28.7. The Labute approximate surface area is 309 Å². The fraction of sp³-hybridized carbons (Fsp3) is 0.316. The number of nitrogens with zero attached hydrogens (tertiary/aromatic N) is 1. The van der Waals surface area contributed by atoms with Crippen molar-refractivity contribution in [1.29, 1.82) is 0 Å². The van der Waals surface area contributed by atoms with E-state index in [0.29, 0.717) is 37.9 Å². The van der Waals surface area contributed by atoms with Gasteiger partial charge in [0.1, 0.15) is 18.1 Å². The molecular formula is C38H43N5O6S2. The lowest BCUT2D eigenvalue weighted by molar-refractivity contribution is -0.122. The summed E-state index contributed by atoms with van der Waals surface area (Å²) in [4.78, 5) is 26.8. The Kier molecular flexibility index (Phi) is 13.9. The highest BCUT2D eigenvalue weighted by atomic mass is 32.1. The normalized spacial score (nSPS) is 14.9.